The van der Waals surface area contributed by atoms with Crippen molar-refractivity contribution in [1.29, 1.82) is 0 Å². The van der Waals surface area contributed by atoms with Gasteiger partial charge in [0.1, 0.15) is 0 Å². The minimum Gasteiger partial charge on any atom is -0.304 e. The maximum Gasteiger partial charge on any atom is 0.0438 e. The first-order valence-electron chi connectivity index (χ1n) is 6.21. The van der Waals surface area contributed by atoms with E-state index >= 15 is 0 Å². The highest BCUT2D eigenvalue weighted by atomic mass is 32.2. The van der Waals surface area contributed by atoms with Gasteiger partial charge < -0.3 is 5.32 Å². The van der Waals surface area contributed by atoms with Gasteiger partial charge in [0.15, 0.2) is 0 Å². The van der Waals surface area contributed by atoms with Gasteiger partial charge in [-0.25, -0.2) is 0 Å². The van der Waals surface area contributed by atoms with Crippen LogP contribution in [0.2, 0.25) is 0 Å². The van der Waals surface area contributed by atoms with Crippen LogP contribution in [0, 0.1) is 6.92 Å². The van der Waals surface area contributed by atoms with Crippen LogP contribution in [0.4, 0.5) is 0 Å². The van der Waals surface area contributed by atoms with E-state index in [-0.39, 0.29) is 0 Å². The Morgan fingerprint density at radius 1 is 1.25 bits per heavy atom. The lowest BCUT2D eigenvalue weighted by molar-refractivity contribution is 0.445. The van der Waals surface area contributed by atoms with Gasteiger partial charge in [-0.3, -0.25) is 0 Å². The molecule has 1 N–H and O–H groups in total. The molecule has 1 atom stereocenters. The molecular weight excluding hydrogens is 214 g/mol. The van der Waals surface area contributed by atoms with Gasteiger partial charge in [0.2, 0.25) is 0 Å². The normalized spacial score (nSPS) is 26.9. The van der Waals surface area contributed by atoms with Gasteiger partial charge in [-0.05, 0) is 37.5 Å². The molecule has 2 heteroatoms. The summed E-state index contributed by atoms with van der Waals surface area (Å²) in [6, 6.07) is 9.82. The first kappa shape index (κ1) is 10.7. The Morgan fingerprint density at radius 2 is 2.00 bits per heavy atom. The third kappa shape index (κ3) is 2.01. The van der Waals surface area contributed by atoms with Crippen LogP contribution in [0.15, 0.2) is 24.3 Å². The summed E-state index contributed by atoms with van der Waals surface area (Å²) in [6.07, 6.45) is 3.98. The zero-order valence-corrected chi connectivity index (χ0v) is 10.6. The van der Waals surface area contributed by atoms with Gasteiger partial charge in [0.25, 0.3) is 0 Å². The zero-order chi connectivity index (χ0) is 11.0. The summed E-state index contributed by atoms with van der Waals surface area (Å²) in [6.45, 7) is 2.16. The van der Waals surface area contributed by atoms with Crippen molar-refractivity contribution in [2.75, 3.05) is 11.5 Å². The minimum atomic E-state index is 0.337. The molecule has 2 aliphatic rings. The second-order valence-corrected chi connectivity index (χ2v) is 6.30. The van der Waals surface area contributed by atoms with Crippen LogP contribution in [-0.4, -0.2) is 17.5 Å². The molecule has 0 bridgehead atoms. The van der Waals surface area contributed by atoms with Gasteiger partial charge >= 0.3 is 0 Å². The molecule has 16 heavy (non-hydrogen) atoms. The Hall–Kier alpha value is -0.470. The van der Waals surface area contributed by atoms with Crippen molar-refractivity contribution in [1.82, 2.24) is 5.32 Å². The lowest BCUT2D eigenvalue weighted by atomic mass is 10.0. The third-order valence-corrected chi connectivity index (χ3v) is 4.93. The fourth-order valence-electron chi connectivity index (χ4n) is 2.55. The number of hydrogen-bond acceptors (Lipinski definition) is 2. The Bertz CT molecular complexity index is 361. The van der Waals surface area contributed by atoms with Gasteiger partial charge in [-0.2, -0.15) is 11.8 Å². The van der Waals surface area contributed by atoms with Gasteiger partial charge in [0, 0.05) is 17.3 Å². The Labute approximate surface area is 102 Å². The number of hydrogen-bond donors (Lipinski definition) is 1. The second-order valence-electron chi connectivity index (χ2n) is 5.15. The summed E-state index contributed by atoms with van der Waals surface area (Å²) in [5.74, 6) is 2.63. The van der Waals surface area contributed by atoms with Crippen molar-refractivity contribution in [3.05, 3.63) is 35.4 Å². The number of thioether (sulfide) groups is 1. The average Bonchev–Trinajstić information content (AvgIpc) is 2.88. The van der Waals surface area contributed by atoms with Crippen molar-refractivity contribution in [3.63, 3.8) is 0 Å². The van der Waals surface area contributed by atoms with E-state index in [1.54, 1.807) is 0 Å². The molecule has 0 amide bonds. The van der Waals surface area contributed by atoms with Gasteiger partial charge in [-0.1, -0.05) is 29.8 Å². The van der Waals surface area contributed by atoms with Crippen LogP contribution in [0.1, 0.15) is 30.4 Å². The number of rotatable bonds is 3. The molecule has 1 aliphatic carbocycles. The van der Waals surface area contributed by atoms with Crippen LogP contribution in [0.25, 0.3) is 0 Å². The molecule has 0 unspecified atom stereocenters. The predicted molar refractivity (Wildman–Crippen MR) is 71.0 cm³/mol. The van der Waals surface area contributed by atoms with Crippen molar-refractivity contribution >= 4 is 11.8 Å². The highest BCUT2D eigenvalue weighted by Crippen LogP contribution is 2.46. The summed E-state index contributed by atoms with van der Waals surface area (Å²) >= 11 is 2.09. The summed E-state index contributed by atoms with van der Waals surface area (Å²) in [7, 11) is 0. The van der Waals surface area contributed by atoms with E-state index in [1.165, 1.54) is 41.9 Å². The van der Waals surface area contributed by atoms with Crippen molar-refractivity contribution in [2.45, 2.75) is 37.8 Å². The average molecular weight is 233 g/mol. The van der Waals surface area contributed by atoms with Crippen LogP contribution in [-0.2, 0) is 5.54 Å². The molecule has 2 fully saturated rings. The molecule has 0 radical (unpaired) electrons. The predicted octanol–water partition coefficient (Wildman–Crippen LogP) is 3.08. The van der Waals surface area contributed by atoms with Gasteiger partial charge in [-0.15, -0.1) is 0 Å². The topological polar surface area (TPSA) is 12.0 Å². The van der Waals surface area contributed by atoms with E-state index in [2.05, 4.69) is 48.3 Å². The second kappa shape index (κ2) is 4.08. The first-order valence-corrected chi connectivity index (χ1v) is 7.37. The first-order chi connectivity index (χ1) is 7.78. The lowest BCUT2D eigenvalue weighted by Crippen LogP contribution is -2.38. The smallest absolute Gasteiger partial charge is 0.0438 e. The Kier molecular flexibility index (Phi) is 2.72. The third-order valence-electron chi connectivity index (χ3n) is 3.76. The summed E-state index contributed by atoms with van der Waals surface area (Å²) in [5.41, 5.74) is 3.19. The van der Waals surface area contributed by atoms with Crippen molar-refractivity contribution < 1.29 is 0 Å². The highest BCUT2D eigenvalue weighted by Gasteiger charge is 2.45. The van der Waals surface area contributed by atoms with Crippen LogP contribution < -0.4 is 5.32 Å². The summed E-state index contributed by atoms with van der Waals surface area (Å²) < 4.78 is 0. The van der Waals surface area contributed by atoms with Crippen LogP contribution >= 0.6 is 11.8 Å². The Morgan fingerprint density at radius 3 is 2.56 bits per heavy atom. The fraction of sp³-hybridized carbons (Fsp3) is 0.571. The molecule has 0 aromatic heterocycles. The number of nitrogens with one attached hydrogen (secondary N) is 1. The minimum absolute atomic E-state index is 0.337. The van der Waals surface area contributed by atoms with Crippen molar-refractivity contribution in [2.24, 2.45) is 0 Å². The van der Waals surface area contributed by atoms with E-state index in [9.17, 15) is 0 Å². The fourth-order valence-corrected chi connectivity index (χ4v) is 3.71. The van der Waals surface area contributed by atoms with Crippen molar-refractivity contribution in [3.8, 4) is 0 Å². The molecule has 1 aliphatic heterocycles. The van der Waals surface area contributed by atoms with E-state index in [0.29, 0.717) is 5.54 Å². The highest BCUT2D eigenvalue weighted by molar-refractivity contribution is 7.99. The summed E-state index contributed by atoms with van der Waals surface area (Å²) in [5, 5.41) is 3.88. The zero-order valence-electron chi connectivity index (χ0n) is 9.83. The molecule has 86 valence electrons. The van der Waals surface area contributed by atoms with E-state index in [0.717, 1.165) is 6.04 Å². The quantitative estimate of drug-likeness (QED) is 0.861. The molecule has 1 aromatic carbocycles. The molecule has 1 saturated heterocycles. The van der Waals surface area contributed by atoms with E-state index in [1.807, 2.05) is 0 Å². The SMILES string of the molecule is Cc1ccc(C2(N[C@H]3CCSC3)CC2)cc1. The standard InChI is InChI=1S/C14H19NS/c1-11-2-4-12(5-3-11)14(7-8-14)15-13-6-9-16-10-13/h2-5,13,15H,6-10H2,1H3/t13-/m0/s1. The molecule has 0 spiro atoms. The van der Waals surface area contributed by atoms with Crippen LogP contribution in [0.3, 0.4) is 0 Å². The number of benzene rings is 1. The largest absolute Gasteiger partial charge is 0.304 e. The van der Waals surface area contributed by atoms with Gasteiger partial charge in [0.05, 0.1) is 0 Å². The van der Waals surface area contributed by atoms with Crippen LogP contribution in [0.5, 0.6) is 0 Å². The molecular formula is C14H19NS. The maximum atomic E-state index is 3.88. The van der Waals surface area contributed by atoms with E-state index in [4.69, 9.17) is 0 Å². The molecule has 1 heterocycles. The lowest BCUT2D eigenvalue weighted by Gasteiger charge is -2.22. The monoisotopic (exact) mass is 233 g/mol. The number of aryl methyl sites for hydroxylation is 1. The molecule has 3 rings (SSSR count). The molecule has 1 saturated carbocycles. The Balaban J connectivity index is 1.74. The maximum absolute atomic E-state index is 3.88. The van der Waals surface area contributed by atoms with E-state index < -0.39 is 0 Å². The molecule has 1 nitrogen and oxygen atoms in total. The summed E-state index contributed by atoms with van der Waals surface area (Å²) in [4.78, 5) is 0. The molecule has 1 aromatic rings.